The second-order valence-electron chi connectivity index (χ2n) is 5.61. The van der Waals surface area contributed by atoms with Gasteiger partial charge in [-0.2, -0.15) is 9.97 Å². The number of nitrogens with one attached hydrogen (secondary N) is 1. The molecule has 2 aromatic rings. The number of hydrogen-bond donors (Lipinski definition) is 2. The highest BCUT2D eigenvalue weighted by molar-refractivity contribution is 5.90. The minimum atomic E-state index is -0.323. The topological polar surface area (TPSA) is 110 Å². The first kappa shape index (κ1) is 19.2. The lowest BCUT2D eigenvalue weighted by Crippen LogP contribution is -2.22. The SMILES string of the molecule is CCOC(=O)CCNc1nc(N)nc(N(C)Cc2ccccc2)c1C=O. The molecule has 0 radical (unpaired) electrons. The average molecular weight is 357 g/mol. The van der Waals surface area contributed by atoms with Crippen molar-refractivity contribution in [2.75, 3.05) is 36.1 Å². The molecular weight excluding hydrogens is 334 g/mol. The van der Waals surface area contributed by atoms with Gasteiger partial charge in [0, 0.05) is 20.1 Å². The molecule has 0 aliphatic heterocycles. The predicted molar refractivity (Wildman–Crippen MR) is 100 cm³/mol. The minimum Gasteiger partial charge on any atom is -0.466 e. The van der Waals surface area contributed by atoms with Gasteiger partial charge in [-0.15, -0.1) is 0 Å². The summed E-state index contributed by atoms with van der Waals surface area (Å²) in [5.74, 6) is 0.446. The third-order valence-corrected chi connectivity index (χ3v) is 3.61. The second kappa shape index (κ2) is 9.36. The van der Waals surface area contributed by atoms with Crippen molar-refractivity contribution in [2.45, 2.75) is 19.9 Å². The van der Waals surface area contributed by atoms with Crippen molar-refractivity contribution in [3.8, 4) is 0 Å². The molecule has 26 heavy (non-hydrogen) atoms. The van der Waals surface area contributed by atoms with Gasteiger partial charge in [0.25, 0.3) is 0 Å². The Balaban J connectivity index is 2.17. The number of nitrogens with two attached hydrogens (primary N) is 1. The van der Waals surface area contributed by atoms with Crippen LogP contribution in [0.4, 0.5) is 17.6 Å². The van der Waals surface area contributed by atoms with Crippen LogP contribution in [-0.4, -0.2) is 42.4 Å². The highest BCUT2D eigenvalue weighted by Crippen LogP contribution is 2.24. The van der Waals surface area contributed by atoms with Crippen LogP contribution in [-0.2, 0) is 16.1 Å². The third kappa shape index (κ3) is 5.17. The summed E-state index contributed by atoms with van der Waals surface area (Å²) in [5.41, 5.74) is 7.16. The number of aldehydes is 1. The number of carbonyl (C=O) groups excluding carboxylic acids is 2. The summed E-state index contributed by atoms with van der Waals surface area (Å²) < 4.78 is 4.87. The van der Waals surface area contributed by atoms with E-state index in [9.17, 15) is 9.59 Å². The monoisotopic (exact) mass is 357 g/mol. The summed E-state index contributed by atoms with van der Waals surface area (Å²) in [6.45, 7) is 2.90. The van der Waals surface area contributed by atoms with Gasteiger partial charge in [0.15, 0.2) is 6.29 Å². The number of rotatable bonds is 9. The molecule has 0 amide bonds. The number of anilines is 3. The maximum Gasteiger partial charge on any atom is 0.307 e. The number of hydrogen-bond acceptors (Lipinski definition) is 8. The van der Waals surface area contributed by atoms with E-state index in [0.717, 1.165) is 5.56 Å². The van der Waals surface area contributed by atoms with E-state index in [4.69, 9.17) is 10.5 Å². The molecule has 0 unspecified atom stereocenters. The van der Waals surface area contributed by atoms with E-state index in [1.54, 1.807) is 6.92 Å². The summed E-state index contributed by atoms with van der Waals surface area (Å²) in [6.07, 6.45) is 0.841. The summed E-state index contributed by atoms with van der Waals surface area (Å²) >= 11 is 0. The molecule has 2 rings (SSSR count). The Morgan fingerprint density at radius 2 is 2.04 bits per heavy atom. The van der Waals surface area contributed by atoms with Crippen molar-refractivity contribution in [3.63, 3.8) is 0 Å². The number of aromatic nitrogens is 2. The van der Waals surface area contributed by atoms with Crippen molar-refractivity contribution >= 4 is 29.8 Å². The normalized spacial score (nSPS) is 10.2. The van der Waals surface area contributed by atoms with E-state index < -0.39 is 0 Å². The van der Waals surface area contributed by atoms with E-state index in [2.05, 4.69) is 15.3 Å². The summed E-state index contributed by atoms with van der Waals surface area (Å²) in [7, 11) is 1.82. The fourth-order valence-electron chi connectivity index (χ4n) is 2.46. The molecule has 0 spiro atoms. The first-order chi connectivity index (χ1) is 12.5. The molecule has 1 aromatic carbocycles. The van der Waals surface area contributed by atoms with Crippen molar-refractivity contribution in [3.05, 3.63) is 41.5 Å². The van der Waals surface area contributed by atoms with Crippen LogP contribution in [0.5, 0.6) is 0 Å². The molecule has 1 heterocycles. The van der Waals surface area contributed by atoms with Gasteiger partial charge in [-0.1, -0.05) is 30.3 Å². The number of nitrogens with zero attached hydrogens (tertiary/aromatic N) is 3. The lowest BCUT2D eigenvalue weighted by Gasteiger charge is -2.21. The van der Waals surface area contributed by atoms with Crippen LogP contribution in [0.3, 0.4) is 0 Å². The van der Waals surface area contributed by atoms with E-state index in [-0.39, 0.29) is 24.9 Å². The maximum absolute atomic E-state index is 11.6. The molecule has 0 aliphatic carbocycles. The van der Waals surface area contributed by atoms with Gasteiger partial charge in [0.1, 0.15) is 11.6 Å². The van der Waals surface area contributed by atoms with Crippen LogP contribution in [0, 0.1) is 0 Å². The van der Waals surface area contributed by atoms with Crippen LogP contribution in [0.25, 0.3) is 0 Å². The quantitative estimate of drug-likeness (QED) is 0.517. The van der Waals surface area contributed by atoms with Gasteiger partial charge in [-0.25, -0.2) is 0 Å². The molecule has 8 heteroatoms. The summed E-state index contributed by atoms with van der Waals surface area (Å²) in [5, 5.41) is 2.96. The smallest absolute Gasteiger partial charge is 0.307 e. The van der Waals surface area contributed by atoms with E-state index in [1.165, 1.54) is 0 Å². The largest absolute Gasteiger partial charge is 0.466 e. The van der Waals surface area contributed by atoms with Gasteiger partial charge in [0.2, 0.25) is 5.95 Å². The van der Waals surface area contributed by atoms with Crippen molar-refractivity contribution in [1.82, 2.24) is 9.97 Å². The molecule has 0 saturated heterocycles. The first-order valence-corrected chi connectivity index (χ1v) is 8.32. The molecule has 8 nitrogen and oxygen atoms in total. The zero-order chi connectivity index (χ0) is 18.9. The zero-order valence-corrected chi connectivity index (χ0v) is 14.9. The molecule has 0 atom stereocenters. The maximum atomic E-state index is 11.6. The highest BCUT2D eigenvalue weighted by Gasteiger charge is 2.17. The molecule has 1 aromatic heterocycles. The minimum absolute atomic E-state index is 0.0455. The first-order valence-electron chi connectivity index (χ1n) is 8.32. The van der Waals surface area contributed by atoms with E-state index in [0.29, 0.717) is 36.6 Å². The Labute approximate surface area is 152 Å². The second-order valence-corrected chi connectivity index (χ2v) is 5.61. The Bertz CT molecular complexity index is 752. The van der Waals surface area contributed by atoms with E-state index in [1.807, 2.05) is 42.3 Å². The standard InChI is InChI=1S/C18H23N5O3/c1-3-26-15(25)9-10-20-16-14(12-24)17(22-18(19)21-16)23(2)11-13-7-5-4-6-8-13/h4-8,12H,3,9-11H2,1-2H3,(H3,19,20,21,22). The highest BCUT2D eigenvalue weighted by atomic mass is 16.5. The summed E-state index contributed by atoms with van der Waals surface area (Å²) in [4.78, 5) is 33.2. The molecule has 0 bridgehead atoms. The number of carbonyl (C=O) groups is 2. The van der Waals surface area contributed by atoms with Crippen LogP contribution in [0.1, 0.15) is 29.3 Å². The van der Waals surface area contributed by atoms with Crippen LogP contribution in [0.15, 0.2) is 30.3 Å². The molecule has 0 saturated carbocycles. The van der Waals surface area contributed by atoms with Gasteiger partial charge in [-0.05, 0) is 12.5 Å². The lowest BCUT2D eigenvalue weighted by molar-refractivity contribution is -0.142. The Morgan fingerprint density at radius 1 is 1.31 bits per heavy atom. The Kier molecular flexibility index (Phi) is 6.90. The van der Waals surface area contributed by atoms with Crippen molar-refractivity contribution < 1.29 is 14.3 Å². The van der Waals surface area contributed by atoms with Gasteiger partial charge in [-0.3, -0.25) is 9.59 Å². The fraction of sp³-hybridized carbons (Fsp3) is 0.333. The van der Waals surface area contributed by atoms with E-state index >= 15 is 0 Å². The van der Waals surface area contributed by atoms with Crippen molar-refractivity contribution in [1.29, 1.82) is 0 Å². The molecule has 138 valence electrons. The predicted octanol–water partition coefficient (Wildman–Crippen LogP) is 1.87. The zero-order valence-electron chi connectivity index (χ0n) is 14.9. The molecule has 0 aliphatic rings. The third-order valence-electron chi connectivity index (χ3n) is 3.61. The molecular formula is C18H23N5O3. The van der Waals surface area contributed by atoms with Crippen LogP contribution >= 0.6 is 0 Å². The van der Waals surface area contributed by atoms with Gasteiger partial charge >= 0.3 is 5.97 Å². The number of benzene rings is 1. The number of esters is 1. The van der Waals surface area contributed by atoms with Gasteiger partial charge < -0.3 is 20.7 Å². The number of nitrogen functional groups attached to an aromatic ring is 1. The Hall–Kier alpha value is -3.16. The lowest BCUT2D eigenvalue weighted by atomic mass is 10.2. The van der Waals surface area contributed by atoms with Gasteiger partial charge in [0.05, 0.1) is 18.6 Å². The van der Waals surface area contributed by atoms with Crippen LogP contribution < -0.4 is 16.0 Å². The molecule has 0 fully saturated rings. The number of ether oxygens (including phenoxy) is 1. The van der Waals surface area contributed by atoms with Crippen molar-refractivity contribution in [2.24, 2.45) is 0 Å². The van der Waals surface area contributed by atoms with Crippen LogP contribution in [0.2, 0.25) is 0 Å². The molecule has 3 N–H and O–H groups in total. The summed E-state index contributed by atoms with van der Waals surface area (Å²) in [6, 6.07) is 9.80. The average Bonchev–Trinajstić information content (AvgIpc) is 2.62. The Morgan fingerprint density at radius 3 is 2.69 bits per heavy atom. The fourth-order valence-corrected chi connectivity index (χ4v) is 2.46.